The van der Waals surface area contributed by atoms with E-state index in [1.807, 2.05) is 25.1 Å². The molecule has 1 aromatic heterocycles. The number of hydrogen-bond acceptors (Lipinski definition) is 2. The zero-order valence-electron chi connectivity index (χ0n) is 8.85. The van der Waals surface area contributed by atoms with Crippen LogP contribution in [0.2, 0.25) is 0 Å². The Labute approximate surface area is 102 Å². The molecule has 0 aliphatic rings. The Morgan fingerprint density at radius 3 is 3.00 bits per heavy atom. The number of rotatable bonds is 2. The third kappa shape index (κ3) is 2.07. The van der Waals surface area contributed by atoms with Gasteiger partial charge in [0.1, 0.15) is 5.82 Å². The molecule has 0 aliphatic heterocycles. The van der Waals surface area contributed by atoms with Crippen LogP contribution in [0.25, 0.3) is 0 Å². The second-order valence-corrected chi connectivity index (χ2v) is 4.30. The van der Waals surface area contributed by atoms with Crippen molar-refractivity contribution in [1.29, 1.82) is 0 Å². The molecular weight excluding hydrogens is 268 g/mol. The van der Waals surface area contributed by atoms with E-state index in [0.717, 1.165) is 16.7 Å². The SMILES string of the molecule is CCc1nccn1C(=O)c1cccc(Br)c1. The van der Waals surface area contributed by atoms with Crippen molar-refractivity contribution in [2.75, 3.05) is 0 Å². The van der Waals surface area contributed by atoms with E-state index in [2.05, 4.69) is 20.9 Å². The fourth-order valence-electron chi connectivity index (χ4n) is 1.54. The lowest BCUT2D eigenvalue weighted by Gasteiger charge is -2.05. The van der Waals surface area contributed by atoms with Crippen LogP contribution >= 0.6 is 15.9 Å². The first-order chi connectivity index (χ1) is 7.72. The van der Waals surface area contributed by atoms with Crippen molar-refractivity contribution in [3.63, 3.8) is 0 Å². The zero-order chi connectivity index (χ0) is 11.5. The summed E-state index contributed by atoms with van der Waals surface area (Å²) in [6.45, 7) is 1.98. The van der Waals surface area contributed by atoms with E-state index in [-0.39, 0.29) is 5.91 Å². The summed E-state index contributed by atoms with van der Waals surface area (Å²) in [5, 5.41) is 0. The fourth-order valence-corrected chi connectivity index (χ4v) is 1.94. The van der Waals surface area contributed by atoms with Gasteiger partial charge < -0.3 is 0 Å². The minimum atomic E-state index is -0.0457. The molecule has 0 amide bonds. The molecule has 1 aromatic carbocycles. The predicted octanol–water partition coefficient (Wildman–Crippen LogP) is 2.90. The van der Waals surface area contributed by atoms with Crippen LogP contribution in [0.4, 0.5) is 0 Å². The monoisotopic (exact) mass is 278 g/mol. The average Bonchev–Trinajstić information content (AvgIpc) is 2.76. The molecule has 3 nitrogen and oxygen atoms in total. The highest BCUT2D eigenvalue weighted by atomic mass is 79.9. The first kappa shape index (κ1) is 11.1. The number of aryl methyl sites for hydroxylation is 1. The first-order valence-corrected chi connectivity index (χ1v) is 5.84. The number of hydrogen-bond donors (Lipinski definition) is 0. The first-order valence-electron chi connectivity index (χ1n) is 5.05. The van der Waals surface area contributed by atoms with Gasteiger partial charge in [0.2, 0.25) is 0 Å². The highest BCUT2D eigenvalue weighted by molar-refractivity contribution is 9.10. The summed E-state index contributed by atoms with van der Waals surface area (Å²) in [7, 11) is 0. The van der Waals surface area contributed by atoms with Crippen LogP contribution in [0.15, 0.2) is 41.1 Å². The predicted molar refractivity (Wildman–Crippen MR) is 65.5 cm³/mol. The minimum absolute atomic E-state index is 0.0457. The molecule has 2 rings (SSSR count). The Bertz CT molecular complexity index is 519. The van der Waals surface area contributed by atoms with E-state index in [9.17, 15) is 4.79 Å². The van der Waals surface area contributed by atoms with Gasteiger partial charge in [-0.2, -0.15) is 0 Å². The van der Waals surface area contributed by atoms with E-state index in [4.69, 9.17) is 0 Å². The molecule has 82 valence electrons. The van der Waals surface area contributed by atoms with Crippen molar-refractivity contribution in [3.8, 4) is 0 Å². The van der Waals surface area contributed by atoms with Crippen LogP contribution in [-0.2, 0) is 6.42 Å². The van der Waals surface area contributed by atoms with Gasteiger partial charge in [0, 0.05) is 28.9 Å². The highest BCUT2D eigenvalue weighted by Gasteiger charge is 2.11. The van der Waals surface area contributed by atoms with E-state index in [1.54, 1.807) is 23.0 Å². The number of halogens is 1. The summed E-state index contributed by atoms with van der Waals surface area (Å²) in [5.41, 5.74) is 0.655. The molecule has 4 heteroatoms. The van der Waals surface area contributed by atoms with E-state index >= 15 is 0 Å². The summed E-state index contributed by atoms with van der Waals surface area (Å²) in [6.07, 6.45) is 4.09. The molecule has 16 heavy (non-hydrogen) atoms. The quantitative estimate of drug-likeness (QED) is 0.847. The molecule has 0 radical (unpaired) electrons. The molecule has 0 spiro atoms. The lowest BCUT2D eigenvalue weighted by Crippen LogP contribution is -2.14. The second kappa shape index (κ2) is 4.61. The lowest BCUT2D eigenvalue weighted by atomic mass is 10.2. The van der Waals surface area contributed by atoms with Crippen molar-refractivity contribution >= 4 is 21.8 Å². The van der Waals surface area contributed by atoms with Gasteiger partial charge in [0.15, 0.2) is 0 Å². The number of nitrogens with zero attached hydrogens (tertiary/aromatic N) is 2. The molecule has 0 saturated heterocycles. The largest absolute Gasteiger partial charge is 0.270 e. The van der Waals surface area contributed by atoms with Gasteiger partial charge >= 0.3 is 0 Å². The number of aromatic nitrogens is 2. The van der Waals surface area contributed by atoms with Crippen LogP contribution in [0, 0.1) is 0 Å². The number of carbonyl (C=O) groups excluding carboxylic acids is 1. The normalized spacial score (nSPS) is 10.4. The van der Waals surface area contributed by atoms with Crippen LogP contribution in [0.5, 0.6) is 0 Å². The molecule has 1 heterocycles. The van der Waals surface area contributed by atoms with E-state index < -0.39 is 0 Å². The Morgan fingerprint density at radius 1 is 1.50 bits per heavy atom. The Balaban J connectivity index is 2.39. The van der Waals surface area contributed by atoms with Crippen LogP contribution in [-0.4, -0.2) is 15.5 Å². The summed E-state index contributed by atoms with van der Waals surface area (Å²) in [5.74, 6) is 0.737. The van der Waals surface area contributed by atoms with Crippen LogP contribution < -0.4 is 0 Å². The highest BCUT2D eigenvalue weighted by Crippen LogP contribution is 2.13. The standard InChI is InChI=1S/C12H11BrN2O/c1-2-11-14-6-7-15(11)12(16)9-4-3-5-10(13)8-9/h3-8H,2H2,1H3. The fraction of sp³-hybridized carbons (Fsp3) is 0.167. The van der Waals surface area contributed by atoms with Gasteiger partial charge in [-0.1, -0.05) is 28.9 Å². The number of benzene rings is 1. The molecule has 0 saturated carbocycles. The maximum atomic E-state index is 12.1. The van der Waals surface area contributed by atoms with E-state index in [0.29, 0.717) is 5.56 Å². The van der Waals surface area contributed by atoms with Gasteiger partial charge in [-0.05, 0) is 18.2 Å². The maximum Gasteiger partial charge on any atom is 0.263 e. The molecule has 0 aliphatic carbocycles. The number of carbonyl (C=O) groups is 1. The molecule has 0 atom stereocenters. The average molecular weight is 279 g/mol. The summed E-state index contributed by atoms with van der Waals surface area (Å²) in [6, 6.07) is 7.35. The van der Waals surface area contributed by atoms with Gasteiger partial charge in [-0.15, -0.1) is 0 Å². The second-order valence-electron chi connectivity index (χ2n) is 3.38. The van der Waals surface area contributed by atoms with Crippen molar-refractivity contribution < 1.29 is 4.79 Å². The zero-order valence-corrected chi connectivity index (χ0v) is 10.4. The molecule has 0 N–H and O–H groups in total. The van der Waals surface area contributed by atoms with Crippen LogP contribution in [0.1, 0.15) is 23.1 Å². The molecule has 0 fully saturated rings. The summed E-state index contributed by atoms with van der Waals surface area (Å²) >= 11 is 3.35. The Hall–Kier alpha value is -1.42. The third-order valence-electron chi connectivity index (χ3n) is 2.32. The maximum absolute atomic E-state index is 12.1. The smallest absolute Gasteiger partial charge is 0.263 e. The minimum Gasteiger partial charge on any atom is -0.270 e. The van der Waals surface area contributed by atoms with Gasteiger partial charge in [-0.25, -0.2) is 4.98 Å². The number of imidazole rings is 1. The topological polar surface area (TPSA) is 34.9 Å². The van der Waals surface area contributed by atoms with Crippen molar-refractivity contribution in [2.45, 2.75) is 13.3 Å². The summed E-state index contributed by atoms with van der Waals surface area (Å²) < 4.78 is 2.48. The Morgan fingerprint density at radius 2 is 2.31 bits per heavy atom. The van der Waals surface area contributed by atoms with E-state index in [1.165, 1.54) is 0 Å². The molecular formula is C12H11BrN2O. The summed E-state index contributed by atoms with van der Waals surface area (Å²) in [4.78, 5) is 16.3. The van der Waals surface area contributed by atoms with Gasteiger partial charge in [-0.3, -0.25) is 9.36 Å². The third-order valence-corrected chi connectivity index (χ3v) is 2.82. The lowest BCUT2D eigenvalue weighted by molar-refractivity contribution is 0.0956. The Kier molecular flexibility index (Phi) is 3.19. The van der Waals surface area contributed by atoms with Gasteiger partial charge in [0.05, 0.1) is 0 Å². The van der Waals surface area contributed by atoms with Crippen molar-refractivity contribution in [1.82, 2.24) is 9.55 Å². The van der Waals surface area contributed by atoms with Gasteiger partial charge in [0.25, 0.3) is 5.91 Å². The molecule has 0 unspecified atom stereocenters. The molecule has 0 bridgehead atoms. The van der Waals surface area contributed by atoms with Crippen LogP contribution in [0.3, 0.4) is 0 Å². The van der Waals surface area contributed by atoms with Crippen molar-refractivity contribution in [2.24, 2.45) is 0 Å². The van der Waals surface area contributed by atoms with Crippen molar-refractivity contribution in [3.05, 3.63) is 52.5 Å². The molecule has 2 aromatic rings.